The number of aliphatic hydroxyl groups excluding tert-OH is 1. The van der Waals surface area contributed by atoms with Gasteiger partial charge in [-0.1, -0.05) is 0 Å². The van der Waals surface area contributed by atoms with Crippen LogP contribution in [0.5, 0.6) is 5.75 Å². The van der Waals surface area contributed by atoms with Crippen LogP contribution in [0.15, 0.2) is 6.20 Å². The molecule has 0 atom stereocenters. The number of hydrogen-bond donors (Lipinski definition) is 2. The lowest BCUT2D eigenvalue weighted by atomic mass is 10.1. The van der Waals surface area contributed by atoms with Gasteiger partial charge in [0, 0.05) is 11.8 Å². The van der Waals surface area contributed by atoms with Gasteiger partial charge in [0.15, 0.2) is 0 Å². The Morgan fingerprint density at radius 3 is 2.57 bits per heavy atom. The highest BCUT2D eigenvalue weighted by atomic mass is 35.5. The van der Waals surface area contributed by atoms with Gasteiger partial charge in [-0.3, -0.25) is 4.98 Å². The molecule has 1 aromatic rings. The number of rotatable bonds is 3. The van der Waals surface area contributed by atoms with Gasteiger partial charge in [0.25, 0.3) is 6.43 Å². The van der Waals surface area contributed by atoms with Crippen molar-refractivity contribution >= 4 is 11.6 Å². The monoisotopic (exact) mass is 223 g/mol. The molecule has 2 N–H and O–H groups in total. The van der Waals surface area contributed by atoms with Gasteiger partial charge in [-0.25, -0.2) is 8.78 Å². The average Bonchev–Trinajstić information content (AvgIpc) is 2.16. The molecule has 0 aliphatic heterocycles. The first kappa shape index (κ1) is 11.1. The molecule has 78 valence electrons. The van der Waals surface area contributed by atoms with Crippen LogP contribution >= 0.6 is 11.6 Å². The molecule has 1 heterocycles. The largest absolute Gasteiger partial charge is 0.505 e. The first-order chi connectivity index (χ1) is 6.61. The van der Waals surface area contributed by atoms with E-state index in [1.807, 2.05) is 0 Å². The second-order valence-electron chi connectivity index (χ2n) is 2.58. The SMILES string of the molecule is OCc1cnc(CCl)c(O)c1C(F)F. The van der Waals surface area contributed by atoms with Crippen molar-refractivity contribution in [3.63, 3.8) is 0 Å². The first-order valence-electron chi connectivity index (χ1n) is 3.76. The van der Waals surface area contributed by atoms with Gasteiger partial charge < -0.3 is 10.2 Å². The Hall–Kier alpha value is -0.940. The van der Waals surface area contributed by atoms with E-state index in [9.17, 15) is 13.9 Å². The zero-order valence-corrected chi connectivity index (χ0v) is 7.80. The Morgan fingerprint density at radius 1 is 1.50 bits per heavy atom. The maximum atomic E-state index is 12.4. The molecular weight excluding hydrogens is 216 g/mol. The van der Waals surface area contributed by atoms with Crippen LogP contribution in [0.25, 0.3) is 0 Å². The molecule has 3 nitrogen and oxygen atoms in total. The molecule has 0 amide bonds. The summed E-state index contributed by atoms with van der Waals surface area (Å²) in [6, 6.07) is 0. The average molecular weight is 224 g/mol. The lowest BCUT2D eigenvalue weighted by molar-refractivity contribution is 0.142. The highest BCUT2D eigenvalue weighted by Crippen LogP contribution is 2.33. The fraction of sp³-hybridized carbons (Fsp3) is 0.375. The van der Waals surface area contributed by atoms with E-state index >= 15 is 0 Å². The number of aromatic nitrogens is 1. The summed E-state index contributed by atoms with van der Waals surface area (Å²) in [6.45, 7) is -0.594. The predicted molar refractivity (Wildman–Crippen MR) is 46.3 cm³/mol. The molecule has 0 radical (unpaired) electrons. The summed E-state index contributed by atoms with van der Waals surface area (Å²) in [4.78, 5) is 3.64. The van der Waals surface area contributed by atoms with E-state index in [0.717, 1.165) is 6.20 Å². The van der Waals surface area contributed by atoms with E-state index in [1.165, 1.54) is 0 Å². The highest BCUT2D eigenvalue weighted by Gasteiger charge is 2.20. The molecule has 0 fully saturated rings. The second-order valence-corrected chi connectivity index (χ2v) is 2.85. The third-order valence-electron chi connectivity index (χ3n) is 1.77. The molecule has 0 spiro atoms. The number of alkyl halides is 3. The fourth-order valence-corrected chi connectivity index (χ4v) is 1.26. The Balaban J connectivity index is 3.31. The minimum atomic E-state index is -2.86. The van der Waals surface area contributed by atoms with Gasteiger partial charge in [-0.15, -0.1) is 11.6 Å². The van der Waals surface area contributed by atoms with Crippen LogP contribution in [0.1, 0.15) is 23.2 Å². The standard InChI is InChI=1S/C8H8ClF2NO2/c9-1-5-7(14)6(8(10)11)4(3-13)2-12-5/h2,8,13-14H,1,3H2. The molecule has 6 heteroatoms. The van der Waals surface area contributed by atoms with Crippen molar-refractivity contribution in [2.45, 2.75) is 18.9 Å². The second kappa shape index (κ2) is 4.52. The number of aliphatic hydroxyl groups is 1. The first-order valence-corrected chi connectivity index (χ1v) is 4.29. The van der Waals surface area contributed by atoms with Crippen molar-refractivity contribution in [1.82, 2.24) is 4.98 Å². The maximum absolute atomic E-state index is 12.4. The zero-order chi connectivity index (χ0) is 10.7. The smallest absolute Gasteiger partial charge is 0.267 e. The summed E-state index contributed by atoms with van der Waals surface area (Å²) >= 11 is 5.37. The molecule has 14 heavy (non-hydrogen) atoms. The van der Waals surface area contributed by atoms with E-state index in [1.54, 1.807) is 0 Å². The van der Waals surface area contributed by atoms with Crippen LogP contribution in [0.4, 0.5) is 8.78 Å². The number of pyridine rings is 1. The van der Waals surface area contributed by atoms with E-state index < -0.39 is 24.3 Å². The van der Waals surface area contributed by atoms with Gasteiger partial charge in [0.1, 0.15) is 5.75 Å². The fourth-order valence-electron chi connectivity index (χ4n) is 1.06. The van der Waals surface area contributed by atoms with Gasteiger partial charge in [-0.2, -0.15) is 0 Å². The van der Waals surface area contributed by atoms with Crippen molar-refractivity contribution in [1.29, 1.82) is 0 Å². The van der Waals surface area contributed by atoms with Gasteiger partial charge in [0.2, 0.25) is 0 Å². The van der Waals surface area contributed by atoms with Crippen molar-refractivity contribution in [2.75, 3.05) is 0 Å². The van der Waals surface area contributed by atoms with Crippen LogP contribution in [0.2, 0.25) is 0 Å². The predicted octanol–water partition coefficient (Wildman–Crippen LogP) is 1.96. The Kier molecular flexibility index (Phi) is 3.60. The molecule has 0 aliphatic rings. The molecule has 0 saturated carbocycles. The molecule has 0 saturated heterocycles. The van der Waals surface area contributed by atoms with Crippen LogP contribution in [0, 0.1) is 0 Å². The zero-order valence-electron chi connectivity index (χ0n) is 7.04. The van der Waals surface area contributed by atoms with E-state index in [2.05, 4.69) is 4.98 Å². The Bertz CT molecular complexity index is 333. The van der Waals surface area contributed by atoms with Crippen LogP contribution in [-0.2, 0) is 12.5 Å². The quantitative estimate of drug-likeness (QED) is 0.771. The maximum Gasteiger partial charge on any atom is 0.267 e. The van der Waals surface area contributed by atoms with Crippen molar-refractivity contribution in [2.24, 2.45) is 0 Å². The van der Waals surface area contributed by atoms with E-state index in [0.29, 0.717) is 0 Å². The molecule has 0 aliphatic carbocycles. The third kappa shape index (κ3) is 1.93. The summed E-state index contributed by atoms with van der Waals surface area (Å²) in [5, 5.41) is 18.1. The summed E-state index contributed by atoms with van der Waals surface area (Å²) in [5.74, 6) is -0.793. The minimum absolute atomic E-state index is 0.0147. The number of nitrogens with zero attached hydrogens (tertiary/aromatic N) is 1. The topological polar surface area (TPSA) is 53.4 Å². The number of aromatic hydroxyl groups is 1. The van der Waals surface area contributed by atoms with Crippen LogP contribution < -0.4 is 0 Å². The molecule has 0 aromatic carbocycles. The molecule has 1 rings (SSSR count). The van der Waals surface area contributed by atoms with Crippen LogP contribution in [0.3, 0.4) is 0 Å². The lowest BCUT2D eigenvalue weighted by Gasteiger charge is -2.10. The molecule has 0 unspecified atom stereocenters. The van der Waals surface area contributed by atoms with Crippen molar-refractivity contribution < 1.29 is 19.0 Å². The normalized spacial score (nSPS) is 10.9. The highest BCUT2D eigenvalue weighted by molar-refractivity contribution is 6.17. The summed E-state index contributed by atoms with van der Waals surface area (Å²) in [7, 11) is 0. The minimum Gasteiger partial charge on any atom is -0.505 e. The third-order valence-corrected chi connectivity index (χ3v) is 2.02. The van der Waals surface area contributed by atoms with Crippen LogP contribution in [-0.4, -0.2) is 15.2 Å². The van der Waals surface area contributed by atoms with E-state index in [-0.39, 0.29) is 17.1 Å². The Morgan fingerprint density at radius 2 is 2.14 bits per heavy atom. The molecule has 0 bridgehead atoms. The summed E-state index contributed by atoms with van der Waals surface area (Å²) in [5.41, 5.74) is -0.705. The number of halogens is 3. The van der Waals surface area contributed by atoms with Crippen molar-refractivity contribution in [3.05, 3.63) is 23.0 Å². The van der Waals surface area contributed by atoms with Crippen molar-refractivity contribution in [3.8, 4) is 5.75 Å². The summed E-state index contributed by atoms with van der Waals surface area (Å²) < 4.78 is 24.9. The number of hydrogen-bond acceptors (Lipinski definition) is 3. The Labute approximate surface area is 84.0 Å². The van der Waals surface area contributed by atoms with Gasteiger partial charge in [0.05, 0.1) is 23.7 Å². The molecular formula is C8H8ClF2NO2. The summed E-state index contributed by atoms with van der Waals surface area (Å²) in [6.07, 6.45) is -1.78. The molecule has 1 aromatic heterocycles. The lowest BCUT2D eigenvalue weighted by Crippen LogP contribution is -2.00. The van der Waals surface area contributed by atoms with E-state index in [4.69, 9.17) is 16.7 Å². The van der Waals surface area contributed by atoms with Gasteiger partial charge in [-0.05, 0) is 0 Å². The van der Waals surface area contributed by atoms with Gasteiger partial charge >= 0.3 is 0 Å².